The number of rotatable bonds is 7. The Hall–Kier alpha value is -2.91. The van der Waals surface area contributed by atoms with Gasteiger partial charge in [-0.15, -0.1) is 0 Å². The molecule has 0 bridgehead atoms. The summed E-state index contributed by atoms with van der Waals surface area (Å²) in [5.74, 6) is -0.730. The molecule has 0 aromatic heterocycles. The van der Waals surface area contributed by atoms with Crippen LogP contribution >= 0.6 is 0 Å². The van der Waals surface area contributed by atoms with Gasteiger partial charge in [-0.2, -0.15) is 0 Å². The van der Waals surface area contributed by atoms with Crippen molar-refractivity contribution in [2.24, 2.45) is 5.14 Å². The number of carbonyl (C=O) groups excluding carboxylic acids is 2. The van der Waals surface area contributed by atoms with E-state index in [4.69, 9.17) is 14.6 Å². The van der Waals surface area contributed by atoms with E-state index in [0.29, 0.717) is 5.75 Å². The number of carbonyl (C=O) groups is 2. The minimum absolute atomic E-state index is 0.142. The predicted molar refractivity (Wildman–Crippen MR) is 103 cm³/mol. The average Bonchev–Trinajstić information content (AvgIpc) is 2.60. The van der Waals surface area contributed by atoms with Crippen molar-refractivity contribution in [2.45, 2.75) is 31.8 Å². The van der Waals surface area contributed by atoms with Gasteiger partial charge in [-0.1, -0.05) is 24.3 Å². The highest BCUT2D eigenvalue weighted by Crippen LogP contribution is 2.22. The Kier molecular flexibility index (Phi) is 6.76. The molecule has 150 valence electrons. The summed E-state index contributed by atoms with van der Waals surface area (Å²) in [6, 6.07) is 11.0. The van der Waals surface area contributed by atoms with Crippen molar-refractivity contribution < 1.29 is 27.5 Å². The normalized spacial score (nSPS) is 12.1. The summed E-state index contributed by atoms with van der Waals surface area (Å²) in [5.41, 5.74) is 1.98. The molecule has 0 aliphatic rings. The van der Waals surface area contributed by atoms with Crippen LogP contribution in [0.3, 0.4) is 0 Å². The number of para-hydroxylation sites is 1. The van der Waals surface area contributed by atoms with Gasteiger partial charge in [0, 0.05) is 5.69 Å². The summed E-state index contributed by atoms with van der Waals surface area (Å²) in [5, 5.41) is 7.54. The molecule has 0 fully saturated rings. The summed E-state index contributed by atoms with van der Waals surface area (Å²) in [6.07, 6.45) is -1.10. The topological polar surface area (TPSA) is 125 Å². The highest BCUT2D eigenvalue weighted by molar-refractivity contribution is 7.89. The number of amides is 1. The third-order valence-corrected chi connectivity index (χ3v) is 4.76. The lowest BCUT2D eigenvalue weighted by atomic mass is 10.1. The molecule has 3 N–H and O–H groups in total. The second-order valence-electron chi connectivity index (χ2n) is 6.20. The molecule has 0 radical (unpaired) electrons. The summed E-state index contributed by atoms with van der Waals surface area (Å²) in [7, 11) is -3.89. The second kappa shape index (κ2) is 8.85. The molecule has 2 aromatic rings. The van der Waals surface area contributed by atoms with E-state index in [1.165, 1.54) is 31.2 Å². The molecule has 9 heteroatoms. The van der Waals surface area contributed by atoms with Gasteiger partial charge >= 0.3 is 5.97 Å². The van der Waals surface area contributed by atoms with Gasteiger partial charge in [0.05, 0.1) is 4.90 Å². The number of nitrogens with two attached hydrogens (primary N) is 1. The van der Waals surface area contributed by atoms with Gasteiger partial charge < -0.3 is 14.8 Å². The standard InChI is InChI=1S/C19H22N2O6S/c1-12-6-4-7-13(2)18(12)26-11-17(22)27-14(3)19(23)21-15-8-5-9-16(10-15)28(20,24)25/h4-10,14H,11H2,1-3H3,(H,21,23)(H2,20,24,25)/t14-/m1/s1. The number of aryl methyl sites for hydroxylation is 2. The number of esters is 1. The fraction of sp³-hybridized carbons (Fsp3) is 0.263. The van der Waals surface area contributed by atoms with Crippen molar-refractivity contribution in [3.63, 3.8) is 0 Å². The molecule has 0 spiro atoms. The number of hydrogen-bond acceptors (Lipinski definition) is 6. The summed E-state index contributed by atoms with van der Waals surface area (Å²) >= 11 is 0. The van der Waals surface area contributed by atoms with Crippen LogP contribution in [0.1, 0.15) is 18.1 Å². The number of nitrogens with one attached hydrogen (secondary N) is 1. The molecule has 0 aliphatic carbocycles. The quantitative estimate of drug-likeness (QED) is 0.677. The lowest BCUT2D eigenvalue weighted by Gasteiger charge is -2.15. The molecule has 28 heavy (non-hydrogen) atoms. The van der Waals surface area contributed by atoms with Gasteiger partial charge in [-0.05, 0) is 50.1 Å². The lowest BCUT2D eigenvalue weighted by molar-refractivity contribution is -0.155. The molecule has 2 rings (SSSR count). The highest BCUT2D eigenvalue weighted by Gasteiger charge is 2.19. The van der Waals surface area contributed by atoms with Crippen LogP contribution in [-0.4, -0.2) is 33.0 Å². The SMILES string of the molecule is Cc1cccc(C)c1OCC(=O)O[C@H](C)C(=O)Nc1cccc(S(N)(=O)=O)c1. The van der Waals surface area contributed by atoms with Crippen LogP contribution in [0.25, 0.3) is 0 Å². The Balaban J connectivity index is 1.92. The Morgan fingerprint density at radius 2 is 1.71 bits per heavy atom. The first-order valence-corrected chi connectivity index (χ1v) is 9.95. The van der Waals surface area contributed by atoms with E-state index in [1.54, 1.807) is 0 Å². The van der Waals surface area contributed by atoms with Crippen LogP contribution < -0.4 is 15.2 Å². The molecular formula is C19H22N2O6S. The van der Waals surface area contributed by atoms with Crippen molar-refractivity contribution in [3.8, 4) is 5.75 Å². The van der Waals surface area contributed by atoms with E-state index in [-0.39, 0.29) is 17.2 Å². The van der Waals surface area contributed by atoms with Gasteiger partial charge in [0.15, 0.2) is 12.7 Å². The van der Waals surface area contributed by atoms with Crippen LogP contribution in [0, 0.1) is 13.8 Å². The van der Waals surface area contributed by atoms with Crippen LogP contribution in [0.15, 0.2) is 47.4 Å². The van der Waals surface area contributed by atoms with Crippen molar-refractivity contribution >= 4 is 27.6 Å². The maximum Gasteiger partial charge on any atom is 0.344 e. The first-order chi connectivity index (χ1) is 13.1. The number of sulfonamides is 1. The van der Waals surface area contributed by atoms with E-state index in [9.17, 15) is 18.0 Å². The van der Waals surface area contributed by atoms with E-state index in [1.807, 2.05) is 32.0 Å². The molecule has 0 heterocycles. The first-order valence-electron chi connectivity index (χ1n) is 8.40. The predicted octanol–water partition coefficient (Wildman–Crippen LogP) is 1.90. The van der Waals surface area contributed by atoms with Gasteiger partial charge in [0.1, 0.15) is 5.75 Å². The third-order valence-electron chi connectivity index (χ3n) is 3.85. The van der Waals surface area contributed by atoms with E-state index < -0.39 is 28.0 Å². The Labute approximate surface area is 163 Å². The van der Waals surface area contributed by atoms with Gasteiger partial charge in [0.2, 0.25) is 10.0 Å². The Bertz CT molecular complexity index is 967. The Morgan fingerprint density at radius 1 is 1.11 bits per heavy atom. The number of anilines is 1. The zero-order valence-electron chi connectivity index (χ0n) is 15.8. The molecule has 2 aromatic carbocycles. The van der Waals surface area contributed by atoms with Crippen molar-refractivity contribution in [1.82, 2.24) is 0 Å². The summed E-state index contributed by atoms with van der Waals surface area (Å²) < 4.78 is 33.3. The van der Waals surface area contributed by atoms with Crippen LogP contribution in [0.4, 0.5) is 5.69 Å². The van der Waals surface area contributed by atoms with E-state index >= 15 is 0 Å². The monoisotopic (exact) mass is 406 g/mol. The first kappa shape index (κ1) is 21.4. The van der Waals surface area contributed by atoms with Crippen molar-refractivity contribution in [3.05, 3.63) is 53.6 Å². The van der Waals surface area contributed by atoms with Gasteiger partial charge in [0.25, 0.3) is 5.91 Å². The third kappa shape index (κ3) is 5.80. The largest absolute Gasteiger partial charge is 0.481 e. The zero-order valence-corrected chi connectivity index (χ0v) is 16.6. The molecule has 8 nitrogen and oxygen atoms in total. The number of hydrogen-bond donors (Lipinski definition) is 2. The molecule has 1 amide bonds. The highest BCUT2D eigenvalue weighted by atomic mass is 32.2. The van der Waals surface area contributed by atoms with E-state index in [2.05, 4.69) is 5.32 Å². The van der Waals surface area contributed by atoms with Crippen molar-refractivity contribution in [2.75, 3.05) is 11.9 Å². The van der Waals surface area contributed by atoms with Crippen LogP contribution in [0.5, 0.6) is 5.75 Å². The molecule has 0 aliphatic heterocycles. The van der Waals surface area contributed by atoms with E-state index in [0.717, 1.165) is 11.1 Å². The number of ether oxygens (including phenoxy) is 2. The van der Waals surface area contributed by atoms with Gasteiger partial charge in [-0.3, -0.25) is 4.79 Å². The molecule has 0 saturated carbocycles. The van der Waals surface area contributed by atoms with Crippen molar-refractivity contribution in [1.29, 1.82) is 0 Å². The minimum atomic E-state index is -3.89. The second-order valence-corrected chi connectivity index (χ2v) is 7.77. The fourth-order valence-electron chi connectivity index (χ4n) is 2.44. The Morgan fingerprint density at radius 3 is 2.32 bits per heavy atom. The summed E-state index contributed by atoms with van der Waals surface area (Å²) in [4.78, 5) is 24.0. The molecular weight excluding hydrogens is 384 g/mol. The molecule has 0 unspecified atom stereocenters. The lowest BCUT2D eigenvalue weighted by Crippen LogP contribution is -2.31. The molecule has 0 saturated heterocycles. The molecule has 1 atom stereocenters. The minimum Gasteiger partial charge on any atom is -0.481 e. The zero-order chi connectivity index (χ0) is 20.9. The maximum absolute atomic E-state index is 12.2. The fourth-order valence-corrected chi connectivity index (χ4v) is 3.00. The number of primary sulfonamides is 1. The van der Waals surface area contributed by atoms with Crippen LogP contribution in [0.2, 0.25) is 0 Å². The summed E-state index contributed by atoms with van der Waals surface area (Å²) in [6.45, 7) is 4.78. The number of benzene rings is 2. The smallest absolute Gasteiger partial charge is 0.344 e. The average molecular weight is 406 g/mol. The maximum atomic E-state index is 12.2. The van der Waals surface area contributed by atoms with Gasteiger partial charge in [-0.25, -0.2) is 18.4 Å². The van der Waals surface area contributed by atoms with Crippen LogP contribution in [-0.2, 0) is 24.3 Å².